The van der Waals surface area contributed by atoms with Gasteiger partial charge in [0.25, 0.3) is 5.91 Å². The minimum Gasteiger partial charge on any atom is -0.435 e. The maximum atomic E-state index is 12.4. The Morgan fingerprint density at radius 3 is 2.72 bits per heavy atom. The van der Waals surface area contributed by atoms with Crippen molar-refractivity contribution in [3.05, 3.63) is 52.7 Å². The molecule has 0 atom stereocenters. The summed E-state index contributed by atoms with van der Waals surface area (Å²) in [5.74, 6) is 0.844. The van der Waals surface area contributed by atoms with Crippen LogP contribution in [0.15, 0.2) is 28.7 Å². The van der Waals surface area contributed by atoms with Crippen molar-refractivity contribution < 1.29 is 9.21 Å². The van der Waals surface area contributed by atoms with Gasteiger partial charge in [0.15, 0.2) is 5.89 Å². The number of carbonyl (C=O) groups excluding carboxylic acids is 1. The second-order valence-electron chi connectivity index (χ2n) is 6.89. The van der Waals surface area contributed by atoms with Crippen LogP contribution in [-0.2, 0) is 13.0 Å². The highest BCUT2D eigenvalue weighted by atomic mass is 16.4. The molecule has 1 aliphatic rings. The van der Waals surface area contributed by atoms with E-state index in [0.29, 0.717) is 23.8 Å². The van der Waals surface area contributed by atoms with Crippen molar-refractivity contribution in [2.45, 2.75) is 52.6 Å². The standard InChI is InChI=1S/C20H27N3O2/c1-4-18-21-15(3)19(25-18)20(24)22-17-8-10-23(11-9-17)13-16-7-5-6-14(2)12-16/h5-7,12,17H,4,8-11,13H2,1-3H3,(H,22,24). The number of hydrogen-bond donors (Lipinski definition) is 1. The normalized spacial score (nSPS) is 16.1. The fourth-order valence-corrected chi connectivity index (χ4v) is 3.37. The van der Waals surface area contributed by atoms with E-state index in [1.54, 1.807) is 0 Å². The van der Waals surface area contributed by atoms with Gasteiger partial charge in [0.05, 0.1) is 5.69 Å². The van der Waals surface area contributed by atoms with E-state index < -0.39 is 0 Å². The lowest BCUT2D eigenvalue weighted by atomic mass is 10.0. The molecule has 2 aromatic rings. The topological polar surface area (TPSA) is 58.4 Å². The molecule has 5 heteroatoms. The molecule has 5 nitrogen and oxygen atoms in total. The molecule has 134 valence electrons. The molecule has 0 bridgehead atoms. The minimum absolute atomic E-state index is 0.137. The Morgan fingerprint density at radius 2 is 2.08 bits per heavy atom. The zero-order valence-electron chi connectivity index (χ0n) is 15.3. The SMILES string of the molecule is CCc1nc(C)c(C(=O)NC2CCN(Cc3cccc(C)c3)CC2)o1. The number of aryl methyl sites for hydroxylation is 3. The molecule has 1 aliphatic heterocycles. The number of likely N-dealkylation sites (tertiary alicyclic amines) is 1. The monoisotopic (exact) mass is 341 g/mol. The molecule has 1 aromatic heterocycles. The third kappa shape index (κ3) is 4.48. The number of oxazole rings is 1. The fourth-order valence-electron chi connectivity index (χ4n) is 3.37. The van der Waals surface area contributed by atoms with Gasteiger partial charge in [-0.05, 0) is 32.3 Å². The molecular formula is C20H27N3O2. The highest BCUT2D eigenvalue weighted by Crippen LogP contribution is 2.16. The molecule has 25 heavy (non-hydrogen) atoms. The van der Waals surface area contributed by atoms with Crippen LogP contribution in [-0.4, -0.2) is 34.9 Å². The van der Waals surface area contributed by atoms with Gasteiger partial charge in [0, 0.05) is 32.1 Å². The van der Waals surface area contributed by atoms with Crippen molar-refractivity contribution in [1.82, 2.24) is 15.2 Å². The molecule has 0 saturated carbocycles. The number of hydrogen-bond acceptors (Lipinski definition) is 4. The fraction of sp³-hybridized carbons (Fsp3) is 0.500. The van der Waals surface area contributed by atoms with Crippen molar-refractivity contribution in [1.29, 1.82) is 0 Å². The largest absolute Gasteiger partial charge is 0.435 e. The summed E-state index contributed by atoms with van der Waals surface area (Å²) < 4.78 is 5.54. The number of benzene rings is 1. The lowest BCUT2D eigenvalue weighted by Gasteiger charge is -2.32. The summed E-state index contributed by atoms with van der Waals surface area (Å²) >= 11 is 0. The number of amides is 1. The Bertz CT molecular complexity index is 730. The maximum Gasteiger partial charge on any atom is 0.289 e. The molecular weight excluding hydrogens is 314 g/mol. The van der Waals surface area contributed by atoms with Crippen LogP contribution in [0.5, 0.6) is 0 Å². The molecule has 1 N–H and O–H groups in total. The van der Waals surface area contributed by atoms with Gasteiger partial charge in [-0.15, -0.1) is 0 Å². The van der Waals surface area contributed by atoms with Gasteiger partial charge < -0.3 is 9.73 Å². The van der Waals surface area contributed by atoms with Gasteiger partial charge in [-0.2, -0.15) is 0 Å². The first-order valence-corrected chi connectivity index (χ1v) is 9.10. The van der Waals surface area contributed by atoms with Crippen LogP contribution in [0.1, 0.15) is 53.0 Å². The lowest BCUT2D eigenvalue weighted by molar-refractivity contribution is 0.0878. The molecule has 2 heterocycles. The average Bonchev–Trinajstić information content (AvgIpc) is 2.98. The zero-order chi connectivity index (χ0) is 17.8. The molecule has 0 unspecified atom stereocenters. The second-order valence-corrected chi connectivity index (χ2v) is 6.89. The van der Waals surface area contributed by atoms with Crippen molar-refractivity contribution in [3.8, 4) is 0 Å². The van der Waals surface area contributed by atoms with E-state index in [1.165, 1.54) is 11.1 Å². The summed E-state index contributed by atoms with van der Waals surface area (Å²) in [6.07, 6.45) is 2.63. The third-order valence-corrected chi connectivity index (χ3v) is 4.76. The molecule has 3 rings (SSSR count). The summed E-state index contributed by atoms with van der Waals surface area (Å²) in [7, 11) is 0. The van der Waals surface area contributed by atoms with E-state index in [4.69, 9.17) is 4.42 Å². The van der Waals surface area contributed by atoms with Crippen LogP contribution < -0.4 is 5.32 Å². The van der Waals surface area contributed by atoms with Crippen molar-refractivity contribution in [2.75, 3.05) is 13.1 Å². The first-order chi connectivity index (χ1) is 12.0. The molecule has 0 aliphatic carbocycles. The summed E-state index contributed by atoms with van der Waals surface area (Å²) in [6, 6.07) is 8.86. The van der Waals surface area contributed by atoms with Crippen LogP contribution in [0.25, 0.3) is 0 Å². The van der Waals surface area contributed by atoms with E-state index in [1.807, 2.05) is 13.8 Å². The Morgan fingerprint density at radius 1 is 1.32 bits per heavy atom. The first-order valence-electron chi connectivity index (χ1n) is 9.10. The van der Waals surface area contributed by atoms with E-state index in [2.05, 4.69) is 46.4 Å². The Labute approximate surface area is 149 Å². The molecule has 1 saturated heterocycles. The molecule has 1 aromatic carbocycles. The van der Waals surface area contributed by atoms with Crippen LogP contribution in [0, 0.1) is 13.8 Å². The quantitative estimate of drug-likeness (QED) is 0.907. The maximum absolute atomic E-state index is 12.4. The molecule has 0 radical (unpaired) electrons. The summed E-state index contributed by atoms with van der Waals surface area (Å²) in [4.78, 5) is 19.1. The van der Waals surface area contributed by atoms with Gasteiger partial charge in [-0.3, -0.25) is 9.69 Å². The van der Waals surface area contributed by atoms with Crippen LogP contribution in [0.3, 0.4) is 0 Å². The summed E-state index contributed by atoms with van der Waals surface area (Å²) in [5, 5.41) is 3.11. The smallest absolute Gasteiger partial charge is 0.289 e. The number of nitrogens with one attached hydrogen (secondary N) is 1. The van der Waals surface area contributed by atoms with E-state index in [9.17, 15) is 4.79 Å². The van der Waals surface area contributed by atoms with Crippen LogP contribution >= 0.6 is 0 Å². The number of aromatic nitrogens is 1. The van der Waals surface area contributed by atoms with Crippen LogP contribution in [0.4, 0.5) is 0 Å². The third-order valence-electron chi connectivity index (χ3n) is 4.76. The average molecular weight is 341 g/mol. The number of nitrogens with zero attached hydrogens (tertiary/aromatic N) is 2. The Kier molecular flexibility index (Phi) is 5.53. The number of rotatable bonds is 5. The van der Waals surface area contributed by atoms with Crippen molar-refractivity contribution >= 4 is 5.91 Å². The van der Waals surface area contributed by atoms with E-state index >= 15 is 0 Å². The van der Waals surface area contributed by atoms with Gasteiger partial charge in [-0.25, -0.2) is 4.98 Å². The first kappa shape index (κ1) is 17.7. The molecule has 1 fully saturated rings. The van der Waals surface area contributed by atoms with Crippen LogP contribution in [0.2, 0.25) is 0 Å². The predicted molar refractivity (Wildman–Crippen MR) is 97.6 cm³/mol. The second kappa shape index (κ2) is 7.83. The molecule has 1 amide bonds. The minimum atomic E-state index is -0.137. The highest BCUT2D eigenvalue weighted by molar-refractivity contribution is 5.92. The van der Waals surface area contributed by atoms with E-state index in [0.717, 1.165) is 32.5 Å². The summed E-state index contributed by atoms with van der Waals surface area (Å²) in [6.45, 7) is 8.88. The van der Waals surface area contributed by atoms with Crippen molar-refractivity contribution in [2.24, 2.45) is 0 Å². The van der Waals surface area contributed by atoms with E-state index in [-0.39, 0.29) is 11.9 Å². The highest BCUT2D eigenvalue weighted by Gasteiger charge is 2.24. The molecule has 0 spiro atoms. The Hall–Kier alpha value is -2.14. The van der Waals surface area contributed by atoms with Gasteiger partial charge in [0.2, 0.25) is 5.76 Å². The lowest BCUT2D eigenvalue weighted by Crippen LogP contribution is -2.44. The van der Waals surface area contributed by atoms with Gasteiger partial charge >= 0.3 is 0 Å². The Balaban J connectivity index is 1.50. The number of piperidine rings is 1. The van der Waals surface area contributed by atoms with Gasteiger partial charge in [-0.1, -0.05) is 36.8 Å². The number of carbonyl (C=O) groups is 1. The van der Waals surface area contributed by atoms with Crippen molar-refractivity contribution in [3.63, 3.8) is 0 Å². The predicted octanol–water partition coefficient (Wildman–Crippen LogP) is 3.25. The van der Waals surface area contributed by atoms with Gasteiger partial charge in [0.1, 0.15) is 0 Å². The zero-order valence-corrected chi connectivity index (χ0v) is 15.3. The summed E-state index contributed by atoms with van der Waals surface area (Å²) in [5.41, 5.74) is 3.33.